The van der Waals surface area contributed by atoms with Crippen molar-refractivity contribution in [3.63, 3.8) is 0 Å². The van der Waals surface area contributed by atoms with E-state index in [1.54, 1.807) is 17.0 Å². The third-order valence-electron chi connectivity index (χ3n) is 4.34. The average molecular weight is 356 g/mol. The van der Waals surface area contributed by atoms with Gasteiger partial charge < -0.3 is 14.5 Å². The monoisotopic (exact) mass is 356 g/mol. The van der Waals surface area contributed by atoms with E-state index in [2.05, 4.69) is 17.0 Å². The van der Waals surface area contributed by atoms with Crippen LogP contribution in [0, 0.1) is 5.82 Å². The van der Waals surface area contributed by atoms with Gasteiger partial charge in [0.25, 0.3) is 0 Å². The van der Waals surface area contributed by atoms with Crippen LogP contribution in [0.2, 0.25) is 0 Å². The third-order valence-corrected chi connectivity index (χ3v) is 4.34. The minimum absolute atomic E-state index is 0.228. The summed E-state index contributed by atoms with van der Waals surface area (Å²) in [5.41, 5.74) is 2.71. The Kier molecular flexibility index (Phi) is 5.16. The molecule has 1 aliphatic heterocycles. The SMILES string of the molecule is CC(C)(C)OC(=O)N1CCN(c2ccc(-c3ccc(F)cc3)cc2)CC1. The molecule has 1 aliphatic rings. The molecular formula is C21H25FN2O2. The van der Waals surface area contributed by atoms with Gasteiger partial charge in [0.2, 0.25) is 0 Å². The van der Waals surface area contributed by atoms with Crippen LogP contribution >= 0.6 is 0 Å². The molecular weight excluding hydrogens is 331 g/mol. The molecule has 0 N–H and O–H groups in total. The summed E-state index contributed by atoms with van der Waals surface area (Å²) < 4.78 is 18.5. The first-order valence-corrected chi connectivity index (χ1v) is 8.91. The number of nitrogens with zero attached hydrogens (tertiary/aromatic N) is 2. The van der Waals surface area contributed by atoms with Crippen molar-refractivity contribution in [2.45, 2.75) is 26.4 Å². The fourth-order valence-corrected chi connectivity index (χ4v) is 2.98. The van der Waals surface area contributed by atoms with Crippen LogP contribution in [0.1, 0.15) is 20.8 Å². The number of benzene rings is 2. The second kappa shape index (κ2) is 7.36. The number of amides is 1. The molecule has 5 heteroatoms. The summed E-state index contributed by atoms with van der Waals surface area (Å²) in [7, 11) is 0. The fourth-order valence-electron chi connectivity index (χ4n) is 2.98. The van der Waals surface area contributed by atoms with Crippen molar-refractivity contribution in [2.24, 2.45) is 0 Å². The predicted octanol–water partition coefficient (Wildman–Crippen LogP) is 4.55. The Labute approximate surface area is 154 Å². The van der Waals surface area contributed by atoms with Gasteiger partial charge in [0.1, 0.15) is 11.4 Å². The standard InChI is InChI=1S/C21H25FN2O2/c1-21(2,3)26-20(25)24-14-12-23(13-15-24)19-10-6-17(7-11-19)16-4-8-18(22)9-5-16/h4-11H,12-15H2,1-3H3. The number of hydrogen-bond donors (Lipinski definition) is 0. The topological polar surface area (TPSA) is 32.8 Å². The van der Waals surface area contributed by atoms with Gasteiger partial charge in [0.05, 0.1) is 0 Å². The highest BCUT2D eigenvalue weighted by molar-refractivity contribution is 5.69. The van der Waals surface area contributed by atoms with Gasteiger partial charge in [0.15, 0.2) is 0 Å². The van der Waals surface area contributed by atoms with Crippen LogP contribution in [0.25, 0.3) is 11.1 Å². The minimum atomic E-state index is -0.468. The fraction of sp³-hybridized carbons (Fsp3) is 0.381. The van der Waals surface area contributed by atoms with Gasteiger partial charge >= 0.3 is 6.09 Å². The molecule has 2 aromatic rings. The summed E-state index contributed by atoms with van der Waals surface area (Å²) in [6, 6.07) is 14.7. The van der Waals surface area contributed by atoms with E-state index in [0.717, 1.165) is 29.9 Å². The van der Waals surface area contributed by atoms with Crippen molar-refractivity contribution >= 4 is 11.8 Å². The summed E-state index contributed by atoms with van der Waals surface area (Å²) in [5, 5.41) is 0. The molecule has 2 aromatic carbocycles. The Morgan fingerprint density at radius 2 is 1.38 bits per heavy atom. The van der Waals surface area contributed by atoms with Crippen LogP contribution in [0.5, 0.6) is 0 Å². The zero-order valence-corrected chi connectivity index (χ0v) is 15.5. The lowest BCUT2D eigenvalue weighted by molar-refractivity contribution is 0.0240. The summed E-state index contributed by atoms with van der Waals surface area (Å²) in [4.78, 5) is 16.2. The van der Waals surface area contributed by atoms with Crippen molar-refractivity contribution in [1.29, 1.82) is 0 Å². The first-order valence-electron chi connectivity index (χ1n) is 8.91. The second-order valence-corrected chi connectivity index (χ2v) is 7.51. The Bertz CT molecular complexity index is 743. The highest BCUT2D eigenvalue weighted by Crippen LogP contribution is 2.24. The maximum atomic E-state index is 13.0. The Balaban J connectivity index is 1.59. The number of carbonyl (C=O) groups excluding carboxylic acids is 1. The zero-order valence-electron chi connectivity index (χ0n) is 15.5. The number of ether oxygens (including phenoxy) is 1. The van der Waals surface area contributed by atoms with Crippen molar-refractivity contribution < 1.29 is 13.9 Å². The molecule has 0 aromatic heterocycles. The summed E-state index contributed by atoms with van der Waals surface area (Å²) in [6.07, 6.45) is -0.246. The molecule has 0 spiro atoms. The molecule has 1 amide bonds. The lowest BCUT2D eigenvalue weighted by Gasteiger charge is -2.36. The average Bonchev–Trinajstić information content (AvgIpc) is 2.61. The number of hydrogen-bond acceptors (Lipinski definition) is 3. The van der Waals surface area contributed by atoms with Crippen LogP contribution in [0.3, 0.4) is 0 Å². The number of rotatable bonds is 2. The zero-order chi connectivity index (χ0) is 18.7. The molecule has 0 saturated carbocycles. The van der Waals surface area contributed by atoms with Crippen LogP contribution in [0.4, 0.5) is 14.9 Å². The molecule has 3 rings (SSSR count). The van der Waals surface area contributed by atoms with Gasteiger partial charge in [-0.15, -0.1) is 0 Å². The lowest BCUT2D eigenvalue weighted by atomic mass is 10.1. The van der Waals surface area contributed by atoms with Gasteiger partial charge in [-0.05, 0) is 56.2 Å². The van der Waals surface area contributed by atoms with Gasteiger partial charge in [-0.1, -0.05) is 24.3 Å². The van der Waals surface area contributed by atoms with Crippen molar-refractivity contribution in [2.75, 3.05) is 31.1 Å². The van der Waals surface area contributed by atoms with E-state index in [9.17, 15) is 9.18 Å². The first kappa shape index (κ1) is 18.2. The van der Waals surface area contributed by atoms with E-state index in [-0.39, 0.29) is 11.9 Å². The van der Waals surface area contributed by atoms with E-state index >= 15 is 0 Å². The number of carbonyl (C=O) groups is 1. The largest absolute Gasteiger partial charge is 0.444 e. The summed E-state index contributed by atoms with van der Waals surface area (Å²) in [5.74, 6) is -0.228. The van der Waals surface area contributed by atoms with Gasteiger partial charge in [-0.2, -0.15) is 0 Å². The van der Waals surface area contributed by atoms with Gasteiger partial charge in [-0.25, -0.2) is 9.18 Å². The molecule has 0 unspecified atom stereocenters. The molecule has 0 aliphatic carbocycles. The molecule has 26 heavy (non-hydrogen) atoms. The molecule has 1 heterocycles. The van der Waals surface area contributed by atoms with E-state index in [4.69, 9.17) is 4.74 Å². The maximum absolute atomic E-state index is 13.0. The highest BCUT2D eigenvalue weighted by Gasteiger charge is 2.25. The Morgan fingerprint density at radius 1 is 0.885 bits per heavy atom. The molecule has 138 valence electrons. The van der Waals surface area contributed by atoms with Crippen molar-refractivity contribution in [3.05, 3.63) is 54.3 Å². The van der Waals surface area contributed by atoms with Crippen LogP contribution < -0.4 is 4.90 Å². The smallest absolute Gasteiger partial charge is 0.410 e. The molecule has 1 fully saturated rings. The normalized spacial score (nSPS) is 15.1. The summed E-state index contributed by atoms with van der Waals surface area (Å²) in [6.45, 7) is 8.48. The number of halogens is 1. The predicted molar refractivity (Wildman–Crippen MR) is 102 cm³/mol. The molecule has 0 radical (unpaired) electrons. The number of anilines is 1. The lowest BCUT2D eigenvalue weighted by Crippen LogP contribution is -2.50. The van der Waals surface area contributed by atoms with E-state index < -0.39 is 5.60 Å². The van der Waals surface area contributed by atoms with Crippen LogP contribution in [0.15, 0.2) is 48.5 Å². The molecule has 0 bridgehead atoms. The number of piperazine rings is 1. The minimum Gasteiger partial charge on any atom is -0.444 e. The maximum Gasteiger partial charge on any atom is 0.410 e. The Hall–Kier alpha value is -2.56. The highest BCUT2D eigenvalue weighted by atomic mass is 19.1. The van der Waals surface area contributed by atoms with Gasteiger partial charge in [-0.3, -0.25) is 0 Å². The molecule has 1 saturated heterocycles. The van der Waals surface area contributed by atoms with E-state index in [1.165, 1.54) is 12.1 Å². The third kappa shape index (κ3) is 4.54. The van der Waals surface area contributed by atoms with Crippen molar-refractivity contribution in [3.8, 4) is 11.1 Å². The Morgan fingerprint density at radius 3 is 1.88 bits per heavy atom. The van der Waals surface area contributed by atoms with E-state index in [0.29, 0.717) is 13.1 Å². The van der Waals surface area contributed by atoms with E-state index in [1.807, 2.05) is 32.9 Å². The van der Waals surface area contributed by atoms with Gasteiger partial charge in [0, 0.05) is 31.9 Å². The quantitative estimate of drug-likeness (QED) is 0.791. The second-order valence-electron chi connectivity index (χ2n) is 7.51. The van der Waals surface area contributed by atoms with Crippen molar-refractivity contribution in [1.82, 2.24) is 4.90 Å². The molecule has 0 atom stereocenters. The first-order chi connectivity index (χ1) is 12.3. The van der Waals surface area contributed by atoms with Crippen LogP contribution in [-0.2, 0) is 4.74 Å². The summed E-state index contributed by atoms with van der Waals surface area (Å²) >= 11 is 0. The molecule has 4 nitrogen and oxygen atoms in total. The van der Waals surface area contributed by atoms with Crippen LogP contribution in [-0.4, -0.2) is 42.8 Å².